The van der Waals surface area contributed by atoms with E-state index in [4.69, 9.17) is 9.47 Å². The lowest BCUT2D eigenvalue weighted by Gasteiger charge is -2.24. The van der Waals surface area contributed by atoms with Crippen molar-refractivity contribution in [1.82, 2.24) is 14.7 Å². The van der Waals surface area contributed by atoms with Crippen LogP contribution in [0.4, 0.5) is 8.78 Å². The van der Waals surface area contributed by atoms with Crippen LogP contribution in [0, 0.1) is 18.6 Å². The maximum atomic E-state index is 14.4. The number of halogens is 2. The summed E-state index contributed by atoms with van der Waals surface area (Å²) in [5.41, 5.74) is 2.02. The quantitative estimate of drug-likeness (QED) is 0.472. The number of methoxy groups -OCH3 is 1. The topological polar surface area (TPSA) is 59.8 Å². The average molecular weight is 446 g/mol. The minimum absolute atomic E-state index is 0.0639. The van der Waals surface area contributed by atoms with Gasteiger partial charge in [-0.2, -0.15) is 5.10 Å². The smallest absolute Gasteiger partial charge is 0.227 e. The lowest BCUT2D eigenvalue weighted by molar-refractivity contribution is 0.0825. The van der Waals surface area contributed by atoms with Crippen LogP contribution in [0.25, 0.3) is 5.69 Å². The Labute approximate surface area is 187 Å². The second-order valence-corrected chi connectivity index (χ2v) is 7.58. The Morgan fingerprint density at radius 3 is 2.50 bits per heavy atom. The van der Waals surface area contributed by atoms with Crippen molar-refractivity contribution in [3.05, 3.63) is 71.4 Å². The number of aromatic nitrogens is 2. The maximum absolute atomic E-state index is 14.4. The monoisotopic (exact) mass is 445 g/mol. The van der Waals surface area contributed by atoms with Crippen LogP contribution in [0.2, 0.25) is 0 Å². The first-order valence-electron chi connectivity index (χ1n) is 10.6. The van der Waals surface area contributed by atoms with Crippen LogP contribution in [0.1, 0.15) is 24.6 Å². The molecule has 0 aliphatic rings. The molecule has 1 unspecified atom stereocenters. The van der Waals surface area contributed by atoms with Crippen LogP contribution >= 0.6 is 0 Å². The molecule has 2 aromatic carbocycles. The Bertz CT molecular complexity index is 1010. The zero-order valence-corrected chi connectivity index (χ0v) is 18.6. The van der Waals surface area contributed by atoms with Crippen molar-refractivity contribution in [1.29, 1.82) is 0 Å². The van der Waals surface area contributed by atoms with E-state index in [-0.39, 0.29) is 11.6 Å². The van der Waals surface area contributed by atoms with Gasteiger partial charge in [-0.15, -0.1) is 0 Å². The normalized spacial score (nSPS) is 12.3. The minimum Gasteiger partial charge on any atom is -0.435 e. The van der Waals surface area contributed by atoms with Crippen LogP contribution in [-0.2, 0) is 11.3 Å². The Morgan fingerprint density at radius 2 is 1.84 bits per heavy atom. The van der Waals surface area contributed by atoms with E-state index in [1.54, 1.807) is 42.1 Å². The summed E-state index contributed by atoms with van der Waals surface area (Å²) in [7, 11) is 1.62. The average Bonchev–Trinajstić information content (AvgIpc) is 3.09. The third-order valence-corrected chi connectivity index (χ3v) is 5.19. The molecule has 172 valence electrons. The lowest BCUT2D eigenvalue weighted by Crippen LogP contribution is -2.34. The highest BCUT2D eigenvalue weighted by molar-refractivity contribution is 5.43. The summed E-state index contributed by atoms with van der Waals surface area (Å²) in [5, 5.41) is 14.8. The lowest BCUT2D eigenvalue weighted by atomic mass is 10.2. The van der Waals surface area contributed by atoms with Crippen molar-refractivity contribution < 1.29 is 23.4 Å². The first kappa shape index (κ1) is 23.8. The molecule has 0 aliphatic heterocycles. The molecule has 1 aromatic heterocycles. The minimum atomic E-state index is -0.499. The number of hydrogen-bond donors (Lipinski definition) is 1. The third-order valence-electron chi connectivity index (χ3n) is 5.19. The van der Waals surface area contributed by atoms with E-state index in [0.29, 0.717) is 49.9 Å². The first-order valence-corrected chi connectivity index (χ1v) is 10.6. The molecular weight excluding hydrogens is 416 g/mol. The molecule has 0 radical (unpaired) electrons. The Balaban J connectivity index is 2.03. The van der Waals surface area contributed by atoms with Gasteiger partial charge in [-0.05, 0) is 49.7 Å². The third kappa shape index (κ3) is 5.91. The molecule has 32 heavy (non-hydrogen) atoms. The van der Waals surface area contributed by atoms with Gasteiger partial charge in [-0.25, -0.2) is 13.5 Å². The molecule has 3 aromatic rings. The number of ether oxygens (including phenoxy) is 2. The highest BCUT2D eigenvalue weighted by Crippen LogP contribution is 2.32. The largest absolute Gasteiger partial charge is 0.435 e. The standard InChI is InChI=1S/C24H29F2N3O3/c1-4-20(30)15-28(13-14-31-3)16-21-17(2)27-29(19-11-9-18(25)10-12-19)24(21)32-23-8-6-5-7-22(23)26/h5-12,20,30H,4,13-16H2,1-3H3. The first-order chi connectivity index (χ1) is 15.4. The van der Waals surface area contributed by atoms with E-state index in [2.05, 4.69) is 5.10 Å². The van der Waals surface area contributed by atoms with Crippen molar-refractivity contribution in [3.8, 4) is 17.3 Å². The molecular formula is C24H29F2N3O3. The van der Waals surface area contributed by atoms with Gasteiger partial charge < -0.3 is 14.6 Å². The number of benzene rings is 2. The van der Waals surface area contributed by atoms with Gasteiger partial charge >= 0.3 is 0 Å². The molecule has 3 rings (SSSR count). The van der Waals surface area contributed by atoms with E-state index in [0.717, 1.165) is 5.56 Å². The van der Waals surface area contributed by atoms with Gasteiger partial charge in [0, 0.05) is 26.7 Å². The van der Waals surface area contributed by atoms with Crippen LogP contribution in [0.3, 0.4) is 0 Å². The van der Waals surface area contributed by atoms with Gasteiger partial charge in [0.1, 0.15) is 5.82 Å². The van der Waals surface area contributed by atoms with Crippen LogP contribution < -0.4 is 4.74 Å². The van der Waals surface area contributed by atoms with Crippen molar-refractivity contribution >= 4 is 0 Å². The molecule has 0 saturated heterocycles. The molecule has 0 aliphatic carbocycles. The van der Waals surface area contributed by atoms with Gasteiger partial charge in [-0.1, -0.05) is 19.1 Å². The van der Waals surface area contributed by atoms with Crippen molar-refractivity contribution in [3.63, 3.8) is 0 Å². The number of aryl methyl sites for hydroxylation is 1. The summed E-state index contributed by atoms with van der Waals surface area (Å²) in [6, 6.07) is 12.0. The van der Waals surface area contributed by atoms with Gasteiger partial charge in [0.15, 0.2) is 11.6 Å². The predicted octanol–water partition coefficient (Wildman–Crippen LogP) is 4.47. The zero-order chi connectivity index (χ0) is 23.1. The Kier molecular flexibility index (Phi) is 8.33. The SMILES string of the molecule is CCC(O)CN(CCOC)Cc1c(C)nn(-c2ccc(F)cc2)c1Oc1ccccc1F. The molecule has 1 heterocycles. The van der Waals surface area contributed by atoms with Crippen LogP contribution in [0.15, 0.2) is 48.5 Å². The number of hydrogen-bond acceptors (Lipinski definition) is 5. The molecule has 0 fully saturated rings. The van der Waals surface area contributed by atoms with Crippen LogP contribution in [-0.4, -0.2) is 52.7 Å². The molecule has 0 spiro atoms. The molecule has 0 saturated carbocycles. The number of aliphatic hydroxyl groups is 1. The summed E-state index contributed by atoms with van der Waals surface area (Å²) >= 11 is 0. The van der Waals surface area contributed by atoms with E-state index < -0.39 is 11.9 Å². The van der Waals surface area contributed by atoms with Gasteiger partial charge in [0.25, 0.3) is 0 Å². The summed E-state index contributed by atoms with van der Waals surface area (Å²) < 4.78 is 40.7. The summed E-state index contributed by atoms with van der Waals surface area (Å²) in [4.78, 5) is 2.05. The Morgan fingerprint density at radius 1 is 1.12 bits per heavy atom. The maximum Gasteiger partial charge on any atom is 0.227 e. The van der Waals surface area contributed by atoms with Gasteiger partial charge in [0.05, 0.1) is 29.7 Å². The molecule has 8 heteroatoms. The van der Waals surface area contributed by atoms with E-state index in [9.17, 15) is 13.9 Å². The van der Waals surface area contributed by atoms with E-state index >= 15 is 0 Å². The number of rotatable bonds is 11. The van der Waals surface area contributed by atoms with Gasteiger partial charge in [0.2, 0.25) is 5.88 Å². The van der Waals surface area contributed by atoms with Crippen molar-refractivity contribution in [2.24, 2.45) is 0 Å². The van der Waals surface area contributed by atoms with Gasteiger partial charge in [-0.3, -0.25) is 4.90 Å². The summed E-state index contributed by atoms with van der Waals surface area (Å²) in [6.45, 7) is 5.70. The van der Waals surface area contributed by atoms with Crippen LogP contribution in [0.5, 0.6) is 11.6 Å². The van der Waals surface area contributed by atoms with E-state index in [1.807, 2.05) is 18.7 Å². The molecule has 1 atom stereocenters. The second-order valence-electron chi connectivity index (χ2n) is 7.58. The van der Waals surface area contributed by atoms with E-state index in [1.165, 1.54) is 18.2 Å². The fourth-order valence-electron chi connectivity index (χ4n) is 3.32. The highest BCUT2D eigenvalue weighted by Gasteiger charge is 2.23. The zero-order valence-electron chi connectivity index (χ0n) is 18.6. The molecule has 6 nitrogen and oxygen atoms in total. The summed E-state index contributed by atoms with van der Waals surface area (Å²) in [6.07, 6.45) is 0.130. The Hall–Kier alpha value is -2.81. The fraction of sp³-hybridized carbons (Fsp3) is 0.375. The summed E-state index contributed by atoms with van der Waals surface area (Å²) in [5.74, 6) is -0.462. The number of aliphatic hydroxyl groups excluding tert-OH is 1. The molecule has 0 amide bonds. The molecule has 1 N–H and O–H groups in total. The van der Waals surface area contributed by atoms with Crippen molar-refractivity contribution in [2.75, 3.05) is 26.8 Å². The van der Waals surface area contributed by atoms with Crippen molar-refractivity contribution in [2.45, 2.75) is 32.9 Å². The number of nitrogens with zero attached hydrogens (tertiary/aromatic N) is 3. The number of para-hydroxylation sites is 1. The molecule has 0 bridgehead atoms. The fourth-order valence-corrected chi connectivity index (χ4v) is 3.32. The highest BCUT2D eigenvalue weighted by atomic mass is 19.1. The predicted molar refractivity (Wildman–Crippen MR) is 118 cm³/mol. The second kappa shape index (κ2) is 11.2.